The number of rotatable bonds is 2. The summed E-state index contributed by atoms with van der Waals surface area (Å²) in [6.45, 7) is 0. The van der Waals surface area contributed by atoms with Crippen LogP contribution in [0, 0.1) is 0 Å². The third-order valence-electron chi connectivity index (χ3n) is 1.27. The summed E-state index contributed by atoms with van der Waals surface area (Å²) in [6, 6.07) is 5.31. The van der Waals surface area contributed by atoms with Gasteiger partial charge in [-0.3, -0.25) is 0 Å². The summed E-state index contributed by atoms with van der Waals surface area (Å²) in [5.74, 6) is 0.0357. The summed E-state index contributed by atoms with van der Waals surface area (Å²) >= 11 is 0. The molecule has 1 aromatic rings. The number of ether oxygens (including phenoxy) is 2. The van der Waals surface area contributed by atoms with Crippen LogP contribution in [0.15, 0.2) is 24.3 Å². The third-order valence-corrected chi connectivity index (χ3v) is 1.27. The number of halogens is 3. The maximum absolute atomic E-state index is 11.7. The monoisotopic (exact) mass is 237 g/mol. The molecule has 0 fully saturated rings. The fraction of sp³-hybridized carbons (Fsp3) is 0.250. The Balaban J connectivity index is 0.000000673. The molecule has 8 heteroatoms. The average molecular weight is 237 g/mol. The van der Waals surface area contributed by atoms with Gasteiger partial charge in [0.15, 0.2) is 0 Å². The molecule has 0 saturated carbocycles. The second-order valence-electron chi connectivity index (χ2n) is 2.34. The lowest BCUT2D eigenvalue weighted by atomic mass is 10.3. The van der Waals surface area contributed by atoms with Gasteiger partial charge in [-0.1, -0.05) is 6.07 Å². The molecule has 0 amide bonds. The normalized spacial score (nSPS) is 9.88. The highest BCUT2D eigenvalue weighted by molar-refractivity contribution is 6.13. The van der Waals surface area contributed by atoms with Gasteiger partial charge in [0, 0.05) is 6.07 Å². The fourth-order valence-electron chi connectivity index (χ4n) is 0.798. The Hall–Kier alpha value is -1.41. The molecular formula is C8H9BF3O4. The van der Waals surface area contributed by atoms with E-state index in [9.17, 15) is 13.2 Å². The largest absolute Gasteiger partial charge is 0.573 e. The first-order valence-corrected chi connectivity index (χ1v) is 3.93. The molecule has 0 unspecified atom stereocenters. The van der Waals surface area contributed by atoms with Crippen LogP contribution < -0.4 is 9.47 Å². The van der Waals surface area contributed by atoms with Gasteiger partial charge in [-0.05, 0) is 12.1 Å². The van der Waals surface area contributed by atoms with Crippen LogP contribution in [0.5, 0.6) is 11.5 Å². The van der Waals surface area contributed by atoms with E-state index in [0.29, 0.717) is 5.75 Å². The van der Waals surface area contributed by atoms with Gasteiger partial charge in [0.05, 0.1) is 7.11 Å². The molecule has 0 saturated heterocycles. The van der Waals surface area contributed by atoms with Gasteiger partial charge in [-0.25, -0.2) is 0 Å². The van der Waals surface area contributed by atoms with Gasteiger partial charge in [0.25, 0.3) is 0 Å². The van der Waals surface area contributed by atoms with Crippen LogP contribution in [-0.2, 0) is 0 Å². The van der Waals surface area contributed by atoms with Gasteiger partial charge >= 0.3 is 14.0 Å². The molecule has 89 valence electrons. The lowest BCUT2D eigenvalue weighted by molar-refractivity contribution is -0.274. The van der Waals surface area contributed by atoms with E-state index in [1.165, 1.54) is 25.3 Å². The van der Waals surface area contributed by atoms with E-state index in [1.54, 1.807) is 0 Å². The van der Waals surface area contributed by atoms with Crippen molar-refractivity contribution in [2.24, 2.45) is 0 Å². The van der Waals surface area contributed by atoms with E-state index in [0.717, 1.165) is 6.07 Å². The molecule has 0 bridgehead atoms. The smallest absolute Gasteiger partial charge is 0.497 e. The zero-order valence-electron chi connectivity index (χ0n) is 8.23. The number of methoxy groups -OCH3 is 1. The van der Waals surface area contributed by atoms with E-state index in [4.69, 9.17) is 14.8 Å². The molecule has 0 spiro atoms. The Kier molecular flexibility index (Phi) is 6.35. The van der Waals surface area contributed by atoms with Crippen molar-refractivity contribution in [3.8, 4) is 11.5 Å². The SMILES string of the molecule is COc1cccc(OC(F)(F)F)c1.O[B]O. The summed E-state index contributed by atoms with van der Waals surface area (Å²) in [7, 11) is 1.37. The highest BCUT2D eigenvalue weighted by atomic mass is 19.4. The number of benzene rings is 1. The predicted octanol–water partition coefficient (Wildman–Crippen LogP) is 1.10. The maximum atomic E-state index is 11.7. The van der Waals surface area contributed by atoms with Crippen LogP contribution in [0.1, 0.15) is 0 Å². The van der Waals surface area contributed by atoms with E-state index in [-0.39, 0.29) is 13.4 Å². The second-order valence-corrected chi connectivity index (χ2v) is 2.34. The summed E-state index contributed by atoms with van der Waals surface area (Å²) in [6.07, 6.45) is -4.66. The minimum Gasteiger partial charge on any atom is -0.497 e. The minimum atomic E-state index is -4.66. The summed E-state index contributed by atoms with van der Waals surface area (Å²) < 4.78 is 43.5. The summed E-state index contributed by atoms with van der Waals surface area (Å²) in [4.78, 5) is 0. The van der Waals surface area contributed by atoms with Gasteiger partial charge in [0.2, 0.25) is 0 Å². The van der Waals surface area contributed by atoms with E-state index < -0.39 is 6.36 Å². The molecule has 0 aliphatic heterocycles. The van der Waals surface area contributed by atoms with Gasteiger partial charge in [-0.15, -0.1) is 13.2 Å². The number of hydrogen-bond acceptors (Lipinski definition) is 4. The van der Waals surface area contributed by atoms with E-state index in [2.05, 4.69) is 4.74 Å². The average Bonchev–Trinajstić information content (AvgIpc) is 2.16. The number of alkyl halides is 3. The van der Waals surface area contributed by atoms with Crippen molar-refractivity contribution >= 4 is 7.69 Å². The van der Waals surface area contributed by atoms with Gasteiger partial charge in [0.1, 0.15) is 11.5 Å². The standard InChI is InChI=1S/C8H7F3O2.BH2O2/c1-12-6-3-2-4-7(5-6)13-8(9,10)11;2-1-3/h2-5H,1H3;2-3H. The maximum Gasteiger partial charge on any atom is 0.573 e. The van der Waals surface area contributed by atoms with Crippen LogP contribution in [0.3, 0.4) is 0 Å². The molecule has 0 atom stereocenters. The molecule has 16 heavy (non-hydrogen) atoms. The van der Waals surface area contributed by atoms with Crippen molar-refractivity contribution in [1.82, 2.24) is 0 Å². The first-order valence-electron chi connectivity index (χ1n) is 3.93. The van der Waals surface area contributed by atoms with Crippen LogP contribution in [0.4, 0.5) is 13.2 Å². The number of hydrogen-bond donors (Lipinski definition) is 2. The Bertz CT molecular complexity index is 306. The van der Waals surface area contributed by atoms with E-state index in [1.807, 2.05) is 0 Å². The highest BCUT2D eigenvalue weighted by Crippen LogP contribution is 2.25. The van der Waals surface area contributed by atoms with E-state index >= 15 is 0 Å². The second kappa shape index (κ2) is 6.97. The van der Waals surface area contributed by atoms with Crippen molar-refractivity contribution in [2.75, 3.05) is 7.11 Å². The topological polar surface area (TPSA) is 58.9 Å². The third kappa shape index (κ3) is 6.96. The molecule has 0 heterocycles. The first-order chi connectivity index (χ1) is 7.42. The molecular weight excluding hydrogens is 228 g/mol. The Morgan fingerprint density at radius 2 is 1.69 bits per heavy atom. The zero-order valence-corrected chi connectivity index (χ0v) is 8.23. The molecule has 0 aromatic heterocycles. The fourth-order valence-corrected chi connectivity index (χ4v) is 0.798. The molecule has 1 radical (unpaired) electrons. The van der Waals surface area contributed by atoms with Crippen LogP contribution >= 0.6 is 0 Å². The van der Waals surface area contributed by atoms with Gasteiger partial charge < -0.3 is 19.5 Å². The van der Waals surface area contributed by atoms with Gasteiger partial charge in [-0.2, -0.15) is 0 Å². The molecule has 1 aromatic carbocycles. The lowest BCUT2D eigenvalue weighted by Crippen LogP contribution is -2.17. The van der Waals surface area contributed by atoms with Crippen LogP contribution in [0.25, 0.3) is 0 Å². The quantitative estimate of drug-likeness (QED) is 0.756. The van der Waals surface area contributed by atoms with Crippen molar-refractivity contribution in [3.63, 3.8) is 0 Å². The Morgan fingerprint density at radius 3 is 2.12 bits per heavy atom. The van der Waals surface area contributed by atoms with Crippen molar-refractivity contribution in [2.45, 2.75) is 6.36 Å². The summed E-state index contributed by atoms with van der Waals surface area (Å²) in [5, 5.41) is 14.0. The van der Waals surface area contributed by atoms with Crippen molar-refractivity contribution in [1.29, 1.82) is 0 Å². The molecule has 0 aliphatic rings. The summed E-state index contributed by atoms with van der Waals surface area (Å²) in [5.41, 5.74) is 0. The molecule has 4 nitrogen and oxygen atoms in total. The van der Waals surface area contributed by atoms with Crippen LogP contribution in [-0.4, -0.2) is 31.2 Å². The molecule has 2 N–H and O–H groups in total. The minimum absolute atomic E-state index is 0. The Labute approximate surface area is 90.5 Å². The predicted molar refractivity (Wildman–Crippen MR) is 49.9 cm³/mol. The zero-order chi connectivity index (χ0) is 12.6. The highest BCUT2D eigenvalue weighted by Gasteiger charge is 2.31. The first kappa shape index (κ1) is 14.6. The Morgan fingerprint density at radius 1 is 1.19 bits per heavy atom. The van der Waals surface area contributed by atoms with Crippen molar-refractivity contribution in [3.05, 3.63) is 24.3 Å². The van der Waals surface area contributed by atoms with Crippen LogP contribution in [0.2, 0.25) is 0 Å². The lowest BCUT2D eigenvalue weighted by Gasteiger charge is -2.09. The van der Waals surface area contributed by atoms with Crippen molar-refractivity contribution < 1.29 is 32.7 Å². The molecule has 1 rings (SSSR count). The molecule has 0 aliphatic carbocycles.